The van der Waals surface area contributed by atoms with Crippen molar-refractivity contribution in [1.82, 2.24) is 9.97 Å². The fourth-order valence-electron chi connectivity index (χ4n) is 2.05. The van der Waals surface area contributed by atoms with Crippen LogP contribution in [0.3, 0.4) is 0 Å². The minimum atomic E-state index is 0.622. The Labute approximate surface area is 111 Å². The van der Waals surface area contributed by atoms with Gasteiger partial charge in [-0.3, -0.25) is 0 Å². The van der Waals surface area contributed by atoms with E-state index < -0.39 is 0 Å². The van der Waals surface area contributed by atoms with Crippen LogP contribution in [-0.2, 0) is 6.42 Å². The number of hydrogen-bond acceptors (Lipinski definition) is 4. The number of anilines is 2. The molecular formula is C14H26N4. The van der Waals surface area contributed by atoms with Crippen molar-refractivity contribution < 1.29 is 0 Å². The Morgan fingerprint density at radius 2 is 1.89 bits per heavy atom. The van der Waals surface area contributed by atoms with E-state index in [0.717, 1.165) is 42.5 Å². The van der Waals surface area contributed by atoms with Crippen molar-refractivity contribution in [2.45, 2.75) is 41.0 Å². The van der Waals surface area contributed by atoms with Crippen molar-refractivity contribution >= 4 is 11.6 Å². The van der Waals surface area contributed by atoms with E-state index in [4.69, 9.17) is 0 Å². The summed E-state index contributed by atoms with van der Waals surface area (Å²) in [5.74, 6) is 3.54. The van der Waals surface area contributed by atoms with Gasteiger partial charge in [-0.25, -0.2) is 9.97 Å². The molecule has 102 valence electrons. The van der Waals surface area contributed by atoms with E-state index in [0.29, 0.717) is 5.92 Å². The van der Waals surface area contributed by atoms with Gasteiger partial charge in [0.15, 0.2) is 0 Å². The summed E-state index contributed by atoms with van der Waals surface area (Å²) in [6.07, 6.45) is 0.862. The van der Waals surface area contributed by atoms with Gasteiger partial charge >= 0.3 is 0 Å². The molecule has 1 aromatic heterocycles. The number of nitrogens with zero attached hydrogens (tertiary/aromatic N) is 3. The van der Waals surface area contributed by atoms with E-state index in [1.165, 1.54) is 0 Å². The molecule has 1 aromatic rings. The van der Waals surface area contributed by atoms with Crippen LogP contribution in [0.15, 0.2) is 0 Å². The fourth-order valence-corrected chi connectivity index (χ4v) is 2.05. The third kappa shape index (κ3) is 3.59. The Hall–Kier alpha value is -1.32. The predicted octanol–water partition coefficient (Wildman–Crippen LogP) is 2.87. The highest BCUT2D eigenvalue weighted by Gasteiger charge is 2.14. The molecule has 18 heavy (non-hydrogen) atoms. The van der Waals surface area contributed by atoms with Gasteiger partial charge < -0.3 is 10.2 Å². The van der Waals surface area contributed by atoms with Crippen LogP contribution >= 0.6 is 0 Å². The average Bonchev–Trinajstić information content (AvgIpc) is 2.31. The molecule has 0 aromatic carbocycles. The van der Waals surface area contributed by atoms with Crippen molar-refractivity contribution in [1.29, 1.82) is 0 Å². The number of nitrogens with one attached hydrogen (secondary N) is 1. The van der Waals surface area contributed by atoms with Crippen molar-refractivity contribution in [2.75, 3.05) is 30.4 Å². The molecule has 1 heterocycles. The van der Waals surface area contributed by atoms with Crippen molar-refractivity contribution in [3.05, 3.63) is 11.4 Å². The number of rotatable bonds is 6. The number of aryl methyl sites for hydroxylation is 1. The van der Waals surface area contributed by atoms with Crippen LogP contribution in [0, 0.1) is 12.8 Å². The smallest absolute Gasteiger partial charge is 0.137 e. The van der Waals surface area contributed by atoms with Crippen molar-refractivity contribution in [3.8, 4) is 0 Å². The maximum Gasteiger partial charge on any atom is 0.137 e. The molecule has 1 rings (SSSR count). The molecule has 0 aliphatic heterocycles. The van der Waals surface area contributed by atoms with Crippen LogP contribution in [0.2, 0.25) is 0 Å². The zero-order chi connectivity index (χ0) is 13.7. The van der Waals surface area contributed by atoms with Crippen LogP contribution in [-0.4, -0.2) is 30.1 Å². The van der Waals surface area contributed by atoms with Gasteiger partial charge in [0.05, 0.1) is 0 Å². The van der Waals surface area contributed by atoms with Gasteiger partial charge in [-0.1, -0.05) is 20.8 Å². The largest absolute Gasteiger partial charge is 0.370 e. The molecular weight excluding hydrogens is 224 g/mol. The minimum Gasteiger partial charge on any atom is -0.370 e. The predicted molar refractivity (Wildman–Crippen MR) is 78.4 cm³/mol. The molecule has 0 bridgehead atoms. The molecule has 0 fully saturated rings. The Balaban J connectivity index is 3.12. The highest BCUT2D eigenvalue weighted by atomic mass is 15.2. The van der Waals surface area contributed by atoms with Crippen molar-refractivity contribution in [3.63, 3.8) is 0 Å². The Kier molecular flexibility index (Phi) is 5.38. The standard InChI is InChI=1S/C14H26N4/c1-7-12-16-13(15-8-2)11(5)14(17-12)18(6)9-10(3)4/h10H,7-9H2,1-6H3,(H,15,16,17). The third-order valence-electron chi connectivity index (χ3n) is 2.83. The lowest BCUT2D eigenvalue weighted by Gasteiger charge is -2.24. The van der Waals surface area contributed by atoms with Crippen molar-refractivity contribution in [2.24, 2.45) is 5.92 Å². The molecule has 0 saturated carbocycles. The molecule has 0 unspecified atom stereocenters. The van der Waals surface area contributed by atoms with Crippen LogP contribution in [0.5, 0.6) is 0 Å². The second-order valence-electron chi connectivity index (χ2n) is 5.10. The molecule has 0 atom stereocenters. The van der Waals surface area contributed by atoms with Crippen LogP contribution in [0.4, 0.5) is 11.6 Å². The first kappa shape index (κ1) is 14.7. The SMILES string of the molecule is CCNc1nc(CC)nc(N(C)CC(C)C)c1C. The lowest BCUT2D eigenvalue weighted by atomic mass is 10.2. The normalized spacial score (nSPS) is 10.8. The second-order valence-corrected chi connectivity index (χ2v) is 5.10. The summed E-state index contributed by atoms with van der Waals surface area (Å²) in [6.45, 7) is 12.6. The topological polar surface area (TPSA) is 41.1 Å². The van der Waals surface area contributed by atoms with Crippen LogP contribution in [0.25, 0.3) is 0 Å². The highest BCUT2D eigenvalue weighted by Crippen LogP contribution is 2.23. The van der Waals surface area contributed by atoms with Gasteiger partial charge in [0.2, 0.25) is 0 Å². The monoisotopic (exact) mass is 250 g/mol. The first-order chi connectivity index (χ1) is 8.49. The molecule has 4 heteroatoms. The zero-order valence-corrected chi connectivity index (χ0v) is 12.5. The molecule has 0 aliphatic carbocycles. The summed E-state index contributed by atoms with van der Waals surface area (Å²) in [5.41, 5.74) is 1.14. The Morgan fingerprint density at radius 3 is 2.39 bits per heavy atom. The second kappa shape index (κ2) is 6.57. The van der Waals surface area contributed by atoms with Gasteiger partial charge in [0.25, 0.3) is 0 Å². The molecule has 1 N–H and O–H groups in total. The van der Waals surface area contributed by atoms with Crippen LogP contribution in [0.1, 0.15) is 39.1 Å². The van der Waals surface area contributed by atoms with Crippen LogP contribution < -0.4 is 10.2 Å². The first-order valence-electron chi connectivity index (χ1n) is 6.82. The molecule has 0 spiro atoms. The summed E-state index contributed by atoms with van der Waals surface area (Å²) in [6, 6.07) is 0. The van der Waals surface area contributed by atoms with Gasteiger partial charge in [0.1, 0.15) is 17.5 Å². The van der Waals surface area contributed by atoms with Gasteiger partial charge in [-0.15, -0.1) is 0 Å². The van der Waals surface area contributed by atoms with E-state index in [1.54, 1.807) is 0 Å². The molecule has 0 radical (unpaired) electrons. The van der Waals surface area contributed by atoms with E-state index in [2.05, 4.69) is 61.9 Å². The summed E-state index contributed by atoms with van der Waals surface area (Å²) < 4.78 is 0. The van der Waals surface area contributed by atoms with Gasteiger partial charge in [-0.2, -0.15) is 0 Å². The molecule has 0 aliphatic rings. The van der Waals surface area contributed by atoms with E-state index in [-0.39, 0.29) is 0 Å². The maximum absolute atomic E-state index is 4.66. The molecule has 4 nitrogen and oxygen atoms in total. The summed E-state index contributed by atoms with van der Waals surface area (Å²) >= 11 is 0. The van der Waals surface area contributed by atoms with E-state index >= 15 is 0 Å². The summed E-state index contributed by atoms with van der Waals surface area (Å²) in [4.78, 5) is 11.4. The number of hydrogen-bond donors (Lipinski definition) is 1. The Morgan fingerprint density at radius 1 is 1.22 bits per heavy atom. The quantitative estimate of drug-likeness (QED) is 0.843. The summed E-state index contributed by atoms with van der Waals surface area (Å²) in [5, 5.41) is 3.32. The summed E-state index contributed by atoms with van der Waals surface area (Å²) in [7, 11) is 2.10. The lowest BCUT2D eigenvalue weighted by molar-refractivity contribution is 0.632. The van der Waals surface area contributed by atoms with E-state index in [1.807, 2.05) is 0 Å². The Bertz CT molecular complexity index is 388. The number of aromatic nitrogens is 2. The highest BCUT2D eigenvalue weighted by molar-refractivity contribution is 5.58. The van der Waals surface area contributed by atoms with Gasteiger partial charge in [-0.05, 0) is 19.8 Å². The zero-order valence-electron chi connectivity index (χ0n) is 12.5. The lowest BCUT2D eigenvalue weighted by Crippen LogP contribution is -2.25. The van der Waals surface area contributed by atoms with E-state index in [9.17, 15) is 0 Å². The molecule has 0 saturated heterocycles. The molecule has 0 amide bonds. The third-order valence-corrected chi connectivity index (χ3v) is 2.83. The maximum atomic E-state index is 4.66. The first-order valence-corrected chi connectivity index (χ1v) is 6.82. The minimum absolute atomic E-state index is 0.622. The fraction of sp³-hybridized carbons (Fsp3) is 0.714. The average molecular weight is 250 g/mol. The van der Waals surface area contributed by atoms with Gasteiger partial charge in [0, 0.05) is 32.1 Å².